The lowest BCUT2D eigenvalue weighted by atomic mass is 10.1. The smallest absolute Gasteiger partial charge is 0.306 e. The molecule has 0 bridgehead atoms. The molecular weight excluding hydrogens is 829 g/mol. The Hall–Kier alpha value is -3.41. The second-order valence-corrected chi connectivity index (χ2v) is 18.5. The first kappa shape index (κ1) is 63.6. The Kier molecular flexibility index (Phi) is 52.4. The monoisotopic (exact) mass is 933 g/mol. The van der Waals surface area contributed by atoms with Gasteiger partial charge in [0.15, 0.2) is 6.10 Å². The number of unbranched alkanes of at least 4 members (excludes halogenated alkanes) is 25. The van der Waals surface area contributed by atoms with Crippen molar-refractivity contribution in [2.45, 2.75) is 271 Å². The minimum Gasteiger partial charge on any atom is -0.462 e. The zero-order valence-electron chi connectivity index (χ0n) is 43.9. The van der Waals surface area contributed by atoms with Gasteiger partial charge in [-0.15, -0.1) is 0 Å². The lowest BCUT2D eigenvalue weighted by Gasteiger charge is -2.18. The zero-order chi connectivity index (χ0) is 48.6. The molecule has 0 spiro atoms. The molecule has 0 radical (unpaired) electrons. The van der Waals surface area contributed by atoms with E-state index in [1.165, 1.54) is 116 Å². The van der Waals surface area contributed by atoms with Gasteiger partial charge in [-0.05, 0) is 109 Å². The quantitative estimate of drug-likeness (QED) is 0.0262. The lowest BCUT2D eigenvalue weighted by molar-refractivity contribution is -0.167. The van der Waals surface area contributed by atoms with Gasteiger partial charge in [0, 0.05) is 19.3 Å². The molecule has 0 fully saturated rings. The molecule has 67 heavy (non-hydrogen) atoms. The van der Waals surface area contributed by atoms with Gasteiger partial charge in [0.05, 0.1) is 0 Å². The van der Waals surface area contributed by atoms with E-state index < -0.39 is 6.10 Å². The molecule has 0 unspecified atom stereocenters. The summed E-state index contributed by atoms with van der Waals surface area (Å²) in [4.78, 5) is 38.1. The molecule has 384 valence electrons. The minimum absolute atomic E-state index is 0.0915. The largest absolute Gasteiger partial charge is 0.462 e. The third kappa shape index (κ3) is 53.4. The molecule has 0 aromatic rings. The Balaban J connectivity index is 4.38. The average molecular weight is 933 g/mol. The minimum atomic E-state index is -0.795. The summed E-state index contributed by atoms with van der Waals surface area (Å²) in [5, 5.41) is 0. The fourth-order valence-electron chi connectivity index (χ4n) is 7.62. The van der Waals surface area contributed by atoms with Crippen molar-refractivity contribution < 1.29 is 28.6 Å². The van der Waals surface area contributed by atoms with Crippen molar-refractivity contribution in [1.82, 2.24) is 0 Å². The number of rotatable bonds is 50. The van der Waals surface area contributed by atoms with Gasteiger partial charge in [-0.3, -0.25) is 14.4 Å². The van der Waals surface area contributed by atoms with Gasteiger partial charge in [-0.1, -0.05) is 221 Å². The zero-order valence-corrected chi connectivity index (χ0v) is 43.9. The Morgan fingerprint density at radius 3 is 0.985 bits per heavy atom. The molecule has 0 saturated carbocycles. The van der Waals surface area contributed by atoms with E-state index in [9.17, 15) is 14.4 Å². The molecule has 0 aliphatic carbocycles. The molecular formula is C61H104O6. The molecule has 0 N–H and O–H groups in total. The standard InChI is InChI=1S/C61H104O6/c1-4-7-10-13-16-19-22-24-26-28-30-32-34-36-39-41-44-47-50-53-59(62)65-56-58(67-61(64)55-52-49-46-43-38-21-18-15-12-9-6-3)57-66-60(63)54-51-48-45-42-40-37-35-33-31-29-27-25-23-20-17-14-11-8-5-2/h7,10,15-16,18-19,24-27,30,32,36,39,58H,4-6,8-9,11-14,17,20-23,28-29,31,33-35,37-38,40-57H2,1-3H3/b10-7-,18-15-,19-16-,26-24-,27-25-,32-30-,39-36-/t58-/m1/s1. The molecule has 0 aliphatic heterocycles. The van der Waals surface area contributed by atoms with Crippen molar-refractivity contribution in [2.24, 2.45) is 0 Å². The van der Waals surface area contributed by atoms with Crippen molar-refractivity contribution in [1.29, 1.82) is 0 Å². The topological polar surface area (TPSA) is 78.9 Å². The predicted octanol–water partition coefficient (Wildman–Crippen LogP) is 18.8. The Bertz CT molecular complexity index is 1300. The summed E-state index contributed by atoms with van der Waals surface area (Å²) < 4.78 is 16.8. The SMILES string of the molecule is CC/C=C\C/C=C\C/C=C\C/C=C\C/C=C\CCCCCC(=O)OC[C@H](COC(=O)CCCCCCCCCCC/C=C\CCCCCCCC)OC(=O)CCCCCCC/C=C\CCCC. The van der Waals surface area contributed by atoms with E-state index in [-0.39, 0.29) is 31.1 Å². The van der Waals surface area contributed by atoms with Crippen molar-refractivity contribution >= 4 is 17.9 Å². The van der Waals surface area contributed by atoms with E-state index in [1.807, 2.05) is 0 Å². The molecule has 0 amide bonds. The van der Waals surface area contributed by atoms with Gasteiger partial charge in [0.2, 0.25) is 0 Å². The van der Waals surface area contributed by atoms with Crippen LogP contribution in [0, 0.1) is 0 Å². The van der Waals surface area contributed by atoms with Crippen LogP contribution < -0.4 is 0 Å². The predicted molar refractivity (Wildman–Crippen MR) is 288 cm³/mol. The van der Waals surface area contributed by atoms with Crippen LogP contribution in [0.3, 0.4) is 0 Å². The molecule has 1 atom stereocenters. The second-order valence-electron chi connectivity index (χ2n) is 18.5. The van der Waals surface area contributed by atoms with Crippen LogP contribution in [-0.4, -0.2) is 37.2 Å². The van der Waals surface area contributed by atoms with Crippen molar-refractivity contribution in [3.8, 4) is 0 Å². The Morgan fingerprint density at radius 2 is 0.597 bits per heavy atom. The molecule has 0 aromatic heterocycles. The first-order valence-corrected chi connectivity index (χ1v) is 28.1. The van der Waals surface area contributed by atoms with E-state index in [1.54, 1.807) is 0 Å². The number of esters is 3. The van der Waals surface area contributed by atoms with Gasteiger partial charge >= 0.3 is 17.9 Å². The molecule has 0 aromatic carbocycles. The molecule has 0 saturated heterocycles. The summed E-state index contributed by atoms with van der Waals surface area (Å²) in [6, 6.07) is 0. The van der Waals surface area contributed by atoms with Crippen LogP contribution in [0.2, 0.25) is 0 Å². The van der Waals surface area contributed by atoms with Gasteiger partial charge in [-0.2, -0.15) is 0 Å². The normalized spacial score (nSPS) is 12.7. The van der Waals surface area contributed by atoms with E-state index in [2.05, 4.69) is 106 Å². The van der Waals surface area contributed by atoms with Gasteiger partial charge in [0.25, 0.3) is 0 Å². The van der Waals surface area contributed by atoms with Gasteiger partial charge < -0.3 is 14.2 Å². The highest BCUT2D eigenvalue weighted by molar-refractivity contribution is 5.71. The summed E-state index contributed by atoms with van der Waals surface area (Å²) in [5.41, 5.74) is 0. The molecule has 0 heterocycles. The van der Waals surface area contributed by atoms with Crippen molar-refractivity contribution in [2.75, 3.05) is 13.2 Å². The molecule has 0 aliphatic rings. The number of hydrogen-bond acceptors (Lipinski definition) is 6. The first-order chi connectivity index (χ1) is 33.0. The third-order valence-electron chi connectivity index (χ3n) is 11.9. The third-order valence-corrected chi connectivity index (χ3v) is 11.9. The van der Waals surface area contributed by atoms with Crippen LogP contribution in [0.1, 0.15) is 265 Å². The fourth-order valence-corrected chi connectivity index (χ4v) is 7.62. The second kappa shape index (κ2) is 55.2. The van der Waals surface area contributed by atoms with Gasteiger partial charge in [0.1, 0.15) is 13.2 Å². The maximum absolute atomic E-state index is 12.8. The summed E-state index contributed by atoms with van der Waals surface area (Å²) >= 11 is 0. The Morgan fingerprint density at radius 1 is 0.313 bits per heavy atom. The number of ether oxygens (including phenoxy) is 3. The lowest BCUT2D eigenvalue weighted by Crippen LogP contribution is -2.30. The number of allylic oxidation sites excluding steroid dienone is 14. The number of hydrogen-bond donors (Lipinski definition) is 0. The molecule has 6 nitrogen and oxygen atoms in total. The molecule has 0 rings (SSSR count). The van der Waals surface area contributed by atoms with Gasteiger partial charge in [-0.25, -0.2) is 0 Å². The van der Waals surface area contributed by atoms with Crippen LogP contribution in [-0.2, 0) is 28.6 Å². The van der Waals surface area contributed by atoms with Crippen molar-refractivity contribution in [3.63, 3.8) is 0 Å². The average Bonchev–Trinajstić information content (AvgIpc) is 3.33. The maximum Gasteiger partial charge on any atom is 0.306 e. The summed E-state index contributed by atoms with van der Waals surface area (Å²) in [6.45, 7) is 6.45. The number of carbonyl (C=O) groups is 3. The van der Waals surface area contributed by atoms with Crippen LogP contribution >= 0.6 is 0 Å². The van der Waals surface area contributed by atoms with E-state index in [4.69, 9.17) is 14.2 Å². The highest BCUT2D eigenvalue weighted by Gasteiger charge is 2.19. The highest BCUT2D eigenvalue weighted by Crippen LogP contribution is 2.15. The summed E-state index contributed by atoms with van der Waals surface area (Å²) in [7, 11) is 0. The maximum atomic E-state index is 12.8. The first-order valence-electron chi connectivity index (χ1n) is 28.1. The van der Waals surface area contributed by atoms with Crippen LogP contribution in [0.4, 0.5) is 0 Å². The van der Waals surface area contributed by atoms with Crippen LogP contribution in [0.25, 0.3) is 0 Å². The van der Waals surface area contributed by atoms with Crippen molar-refractivity contribution in [3.05, 3.63) is 85.1 Å². The van der Waals surface area contributed by atoms with E-state index in [0.717, 1.165) is 109 Å². The van der Waals surface area contributed by atoms with Crippen LogP contribution in [0.5, 0.6) is 0 Å². The highest BCUT2D eigenvalue weighted by atomic mass is 16.6. The fraction of sp³-hybridized carbons (Fsp3) is 0.721. The van der Waals surface area contributed by atoms with E-state index >= 15 is 0 Å². The summed E-state index contributed by atoms with van der Waals surface area (Å²) in [6.07, 6.45) is 71.4. The Labute approximate surface area is 414 Å². The van der Waals surface area contributed by atoms with Crippen LogP contribution in [0.15, 0.2) is 85.1 Å². The van der Waals surface area contributed by atoms with E-state index in [0.29, 0.717) is 19.3 Å². The number of carbonyl (C=O) groups excluding carboxylic acids is 3. The molecule has 6 heteroatoms. The summed E-state index contributed by atoms with van der Waals surface area (Å²) in [5.74, 6) is -0.934.